The van der Waals surface area contributed by atoms with Crippen molar-refractivity contribution < 1.29 is 41.0 Å². The number of nitrogens with zero attached hydrogens (tertiary/aromatic N) is 2. The lowest BCUT2D eigenvalue weighted by Gasteiger charge is -2.35. The summed E-state index contributed by atoms with van der Waals surface area (Å²) < 4.78 is 69.2. The highest BCUT2D eigenvalue weighted by molar-refractivity contribution is 7.91. The Bertz CT molecular complexity index is 1420. The van der Waals surface area contributed by atoms with E-state index in [-0.39, 0.29) is 48.0 Å². The van der Waals surface area contributed by atoms with Crippen LogP contribution in [0.5, 0.6) is 0 Å². The molecule has 1 fully saturated rings. The maximum Gasteiger partial charge on any atom is 0.391 e. The lowest BCUT2D eigenvalue weighted by atomic mass is 9.81. The Labute approximate surface area is 256 Å². The van der Waals surface area contributed by atoms with Crippen LogP contribution in [0.15, 0.2) is 41.4 Å². The maximum atomic E-state index is 13.4. The number of carbonyl (C=O) groups excluding carboxylic acids is 1. The van der Waals surface area contributed by atoms with E-state index in [1.807, 2.05) is 0 Å². The van der Waals surface area contributed by atoms with Crippen LogP contribution in [0.25, 0.3) is 0 Å². The number of benzene rings is 1. The van der Waals surface area contributed by atoms with E-state index in [0.717, 1.165) is 11.3 Å². The monoisotopic (exact) mass is 639 g/mol. The second-order valence-electron chi connectivity index (χ2n) is 12.1. The van der Waals surface area contributed by atoms with Gasteiger partial charge in [0.1, 0.15) is 6.61 Å². The van der Waals surface area contributed by atoms with E-state index in [9.17, 15) is 31.2 Å². The van der Waals surface area contributed by atoms with Gasteiger partial charge < -0.3 is 15.2 Å². The molecule has 2 N–H and O–H groups in total. The second kappa shape index (κ2) is 13.9. The Morgan fingerprint density at radius 1 is 1.14 bits per heavy atom. The molecular formula is C31H40F3N3O6S. The van der Waals surface area contributed by atoms with E-state index in [2.05, 4.69) is 29.0 Å². The Morgan fingerprint density at radius 2 is 1.80 bits per heavy atom. The molecule has 242 valence electrons. The van der Waals surface area contributed by atoms with E-state index in [0.29, 0.717) is 37.1 Å². The summed E-state index contributed by atoms with van der Waals surface area (Å²) in [6.45, 7) is 6.17. The molecule has 44 heavy (non-hydrogen) atoms. The van der Waals surface area contributed by atoms with Crippen molar-refractivity contribution in [3.63, 3.8) is 0 Å². The maximum absolute atomic E-state index is 13.4. The van der Waals surface area contributed by atoms with E-state index < -0.39 is 46.5 Å². The standard InChI is InChI=1S/C31H40F3N3O6S/c1-4-44(41,42)25-11-7-21(8-12-25)26(17-43-18-27(38)39)36-30(40)22-13-23-16-37(29(19(2)3)28(23)35-14-22)15-20-5-9-24(10-6-20)31(32,33)34/h7-8,11-14,19-20,24,26,29H,4-6,9-10,15-18H2,1-3H3,(H,36,40)(H,38,39)/t20?,24?,26-,29?/m0/s1. The number of amides is 1. The highest BCUT2D eigenvalue weighted by Crippen LogP contribution is 2.43. The number of aromatic nitrogens is 1. The minimum Gasteiger partial charge on any atom is -0.480 e. The van der Waals surface area contributed by atoms with Crippen LogP contribution in [0.1, 0.15) is 85.7 Å². The van der Waals surface area contributed by atoms with Gasteiger partial charge in [-0.15, -0.1) is 0 Å². The van der Waals surface area contributed by atoms with Gasteiger partial charge >= 0.3 is 12.1 Å². The predicted octanol–water partition coefficient (Wildman–Crippen LogP) is 5.33. The average molecular weight is 640 g/mol. The zero-order chi connectivity index (χ0) is 32.2. The number of carboxylic acid groups (broad SMARTS) is 1. The number of sulfone groups is 1. The summed E-state index contributed by atoms with van der Waals surface area (Å²) in [5.41, 5.74) is 2.58. The number of rotatable bonds is 12. The predicted molar refractivity (Wildman–Crippen MR) is 157 cm³/mol. The van der Waals surface area contributed by atoms with Crippen LogP contribution in [0, 0.1) is 17.8 Å². The van der Waals surface area contributed by atoms with Gasteiger partial charge in [0, 0.05) is 19.3 Å². The number of carbonyl (C=O) groups is 2. The van der Waals surface area contributed by atoms with Gasteiger partial charge in [0.2, 0.25) is 0 Å². The van der Waals surface area contributed by atoms with Gasteiger partial charge in [0.25, 0.3) is 5.91 Å². The van der Waals surface area contributed by atoms with Crippen molar-refractivity contribution in [2.75, 3.05) is 25.5 Å². The van der Waals surface area contributed by atoms with Crippen molar-refractivity contribution in [2.24, 2.45) is 17.8 Å². The molecule has 4 rings (SSSR count). The van der Waals surface area contributed by atoms with E-state index in [4.69, 9.17) is 9.84 Å². The Morgan fingerprint density at radius 3 is 2.36 bits per heavy atom. The van der Waals surface area contributed by atoms with E-state index >= 15 is 0 Å². The third-order valence-electron chi connectivity index (χ3n) is 8.58. The van der Waals surface area contributed by atoms with Crippen LogP contribution in [0.4, 0.5) is 13.2 Å². The molecule has 1 unspecified atom stereocenters. The summed E-state index contributed by atoms with van der Waals surface area (Å²) in [5.74, 6) is -2.55. The number of halogens is 3. The minimum absolute atomic E-state index is 0.0162. The third-order valence-corrected chi connectivity index (χ3v) is 10.3. The van der Waals surface area contributed by atoms with E-state index in [1.165, 1.54) is 18.3 Å². The Balaban J connectivity index is 1.48. The summed E-state index contributed by atoms with van der Waals surface area (Å²) in [6.07, 6.45) is -1.29. The zero-order valence-electron chi connectivity index (χ0n) is 25.1. The van der Waals surface area contributed by atoms with Crippen LogP contribution in [0.2, 0.25) is 0 Å². The molecule has 2 aromatic rings. The van der Waals surface area contributed by atoms with Crippen LogP contribution in [-0.4, -0.2) is 67.0 Å². The number of alkyl halides is 3. The lowest BCUT2D eigenvalue weighted by Crippen LogP contribution is -2.35. The fourth-order valence-electron chi connectivity index (χ4n) is 6.25. The molecule has 2 atom stereocenters. The normalized spacial score (nSPS) is 21.7. The van der Waals surface area contributed by atoms with Gasteiger partial charge in [0.05, 0.1) is 46.5 Å². The van der Waals surface area contributed by atoms with Gasteiger partial charge in [-0.3, -0.25) is 14.7 Å². The molecule has 0 saturated heterocycles. The number of hydrogen-bond donors (Lipinski definition) is 2. The van der Waals surface area contributed by atoms with Crippen molar-refractivity contribution in [3.05, 3.63) is 58.9 Å². The fourth-order valence-corrected chi connectivity index (χ4v) is 7.13. The molecule has 1 aromatic carbocycles. The number of fused-ring (bicyclic) bond motifs is 1. The largest absolute Gasteiger partial charge is 0.480 e. The average Bonchev–Trinajstić information content (AvgIpc) is 3.33. The number of nitrogens with one attached hydrogen (secondary N) is 1. The minimum atomic E-state index is -4.14. The fraction of sp³-hybridized carbons (Fsp3) is 0.581. The van der Waals surface area contributed by atoms with Crippen molar-refractivity contribution in [1.29, 1.82) is 0 Å². The Hall–Kier alpha value is -3.03. The molecule has 1 aliphatic carbocycles. The Kier molecular flexibility index (Phi) is 10.7. The van der Waals surface area contributed by atoms with E-state index in [1.54, 1.807) is 25.1 Å². The summed E-state index contributed by atoms with van der Waals surface area (Å²) >= 11 is 0. The summed E-state index contributed by atoms with van der Waals surface area (Å²) in [4.78, 5) is 31.5. The van der Waals surface area contributed by atoms with Gasteiger partial charge in [-0.1, -0.05) is 32.9 Å². The van der Waals surface area contributed by atoms with Gasteiger partial charge in [0.15, 0.2) is 9.84 Å². The topological polar surface area (TPSA) is 126 Å². The summed E-state index contributed by atoms with van der Waals surface area (Å²) in [6, 6.07) is 7.00. The molecule has 0 bridgehead atoms. The summed E-state index contributed by atoms with van der Waals surface area (Å²) in [5, 5.41) is 11.9. The first-order chi connectivity index (χ1) is 20.7. The van der Waals surface area contributed by atoms with Crippen molar-refractivity contribution in [3.8, 4) is 0 Å². The van der Waals surface area contributed by atoms with Gasteiger partial charge in [-0.2, -0.15) is 13.2 Å². The zero-order valence-corrected chi connectivity index (χ0v) is 26.0. The molecule has 9 nitrogen and oxygen atoms in total. The number of carboxylic acids is 1. The molecule has 2 heterocycles. The molecule has 0 spiro atoms. The second-order valence-corrected chi connectivity index (χ2v) is 14.3. The molecule has 1 aromatic heterocycles. The SMILES string of the molecule is CCS(=O)(=O)c1ccc([C@H](COCC(=O)O)NC(=O)c2cnc3c(c2)CN(CC2CCC(C(F)(F)F)CC2)C3C(C)C)cc1. The molecular weight excluding hydrogens is 599 g/mol. The molecule has 0 radical (unpaired) electrons. The smallest absolute Gasteiger partial charge is 0.391 e. The lowest BCUT2D eigenvalue weighted by molar-refractivity contribution is -0.184. The number of aliphatic carboxylic acids is 1. The molecule has 1 aliphatic heterocycles. The van der Waals surface area contributed by atoms with Crippen molar-refractivity contribution in [1.82, 2.24) is 15.2 Å². The van der Waals surface area contributed by atoms with Crippen LogP contribution in [-0.2, 0) is 25.9 Å². The van der Waals surface area contributed by atoms with Crippen LogP contribution >= 0.6 is 0 Å². The van der Waals surface area contributed by atoms with Crippen LogP contribution < -0.4 is 5.32 Å². The molecule has 2 aliphatic rings. The molecule has 13 heteroatoms. The first-order valence-electron chi connectivity index (χ1n) is 14.9. The van der Waals surface area contributed by atoms with Gasteiger partial charge in [-0.25, -0.2) is 13.2 Å². The third kappa shape index (κ3) is 8.16. The molecule has 1 amide bonds. The number of hydrogen-bond acceptors (Lipinski definition) is 7. The number of ether oxygens (including phenoxy) is 1. The molecule has 1 saturated carbocycles. The first-order valence-corrected chi connectivity index (χ1v) is 16.6. The van der Waals surface area contributed by atoms with Crippen molar-refractivity contribution >= 4 is 21.7 Å². The van der Waals surface area contributed by atoms with Crippen LogP contribution in [0.3, 0.4) is 0 Å². The first kappa shape index (κ1) is 33.9. The summed E-state index contributed by atoms with van der Waals surface area (Å²) in [7, 11) is -3.43. The number of pyridine rings is 1. The highest BCUT2D eigenvalue weighted by Gasteiger charge is 2.42. The van der Waals surface area contributed by atoms with Crippen molar-refractivity contribution in [2.45, 2.75) is 76.2 Å². The quantitative estimate of drug-likeness (QED) is 0.319. The van der Waals surface area contributed by atoms with Gasteiger partial charge in [-0.05, 0) is 66.8 Å². The highest BCUT2D eigenvalue weighted by atomic mass is 32.2.